The lowest BCUT2D eigenvalue weighted by Crippen LogP contribution is -2.37. The molecule has 1 aliphatic carbocycles. The number of hydrogen-bond donors (Lipinski definition) is 2. The fourth-order valence-electron chi connectivity index (χ4n) is 4.39. The van der Waals surface area contributed by atoms with Crippen molar-refractivity contribution in [2.75, 3.05) is 29.9 Å². The molecule has 1 aliphatic heterocycles. The summed E-state index contributed by atoms with van der Waals surface area (Å²) in [6.45, 7) is 1.83. The molecule has 1 saturated carbocycles. The number of ether oxygens (including phenoxy) is 2. The second-order valence-corrected chi connectivity index (χ2v) is 9.74. The van der Waals surface area contributed by atoms with E-state index in [4.69, 9.17) is 21.1 Å². The largest absolute Gasteiger partial charge is 0.489 e. The van der Waals surface area contributed by atoms with Gasteiger partial charge >= 0.3 is 0 Å². The number of carbonyl (C=O) groups is 1. The van der Waals surface area contributed by atoms with Gasteiger partial charge in [-0.2, -0.15) is 0 Å². The molecule has 0 spiro atoms. The van der Waals surface area contributed by atoms with Gasteiger partial charge in [0.05, 0.1) is 33.9 Å². The predicted molar refractivity (Wildman–Crippen MR) is 151 cm³/mol. The zero-order valence-electron chi connectivity index (χ0n) is 21.1. The van der Waals surface area contributed by atoms with E-state index in [0.29, 0.717) is 71.3 Å². The molecule has 39 heavy (non-hydrogen) atoms. The molecule has 2 aromatic heterocycles. The highest BCUT2D eigenvalue weighted by Crippen LogP contribution is 2.42. The van der Waals surface area contributed by atoms with Crippen LogP contribution in [0.15, 0.2) is 73.2 Å². The van der Waals surface area contributed by atoms with Gasteiger partial charge in [-0.05, 0) is 55.3 Å². The lowest BCUT2D eigenvalue weighted by atomic mass is 10.1. The summed E-state index contributed by atoms with van der Waals surface area (Å²) in [7, 11) is 0. The number of amides is 1. The first kappa shape index (κ1) is 25.1. The average molecular weight is 543 g/mol. The van der Waals surface area contributed by atoms with Crippen molar-refractivity contribution in [1.82, 2.24) is 20.3 Å². The molecule has 3 heterocycles. The minimum Gasteiger partial charge on any atom is -0.489 e. The highest BCUT2D eigenvalue weighted by molar-refractivity contribution is 6.32. The van der Waals surface area contributed by atoms with Crippen molar-refractivity contribution < 1.29 is 14.3 Å². The number of carbonyl (C=O) groups excluding carboxylic acids is 1. The normalized spacial score (nSPS) is 14.7. The molecule has 9 nitrogen and oxygen atoms in total. The number of nitrogens with one attached hydrogen (secondary N) is 2. The molecule has 0 radical (unpaired) electrons. The van der Waals surface area contributed by atoms with Gasteiger partial charge in [0.2, 0.25) is 0 Å². The van der Waals surface area contributed by atoms with Crippen LogP contribution in [-0.2, 0) is 11.4 Å². The van der Waals surface area contributed by atoms with Gasteiger partial charge in [-0.15, -0.1) is 0 Å². The maximum absolute atomic E-state index is 13.0. The highest BCUT2D eigenvalue weighted by Gasteiger charge is 2.26. The SMILES string of the molecule is O=C(/C=C/CNC1CC1)N1CCOc2c1ccc1ncnc(Nc3ccc(OCc4ccccn4)c(Cl)c3)c21. The number of halogens is 1. The molecule has 0 bridgehead atoms. The number of benzene rings is 2. The molecule has 2 aromatic carbocycles. The zero-order chi connectivity index (χ0) is 26.6. The summed E-state index contributed by atoms with van der Waals surface area (Å²) >= 11 is 6.52. The van der Waals surface area contributed by atoms with Gasteiger partial charge in [0.1, 0.15) is 31.1 Å². The molecule has 2 aliphatic rings. The lowest BCUT2D eigenvalue weighted by molar-refractivity contribution is -0.114. The van der Waals surface area contributed by atoms with Gasteiger partial charge in [-0.25, -0.2) is 9.97 Å². The Labute approximate surface area is 230 Å². The van der Waals surface area contributed by atoms with Gasteiger partial charge in [-0.3, -0.25) is 9.78 Å². The molecule has 2 N–H and O–H groups in total. The second-order valence-electron chi connectivity index (χ2n) is 9.33. The first-order valence-electron chi connectivity index (χ1n) is 12.9. The van der Waals surface area contributed by atoms with E-state index in [0.717, 1.165) is 11.4 Å². The molecule has 1 fully saturated rings. The van der Waals surface area contributed by atoms with Crippen LogP contribution >= 0.6 is 11.6 Å². The predicted octanol–water partition coefficient (Wildman–Crippen LogP) is 5.03. The Balaban J connectivity index is 1.23. The standard InChI is InChI=1S/C29H27ClN6O3/c30-22-16-20(8-11-25(22)39-17-21-4-1-2-12-32-21)35-29-27-23(33-18-34-29)9-10-24-28(27)38-15-14-36(24)26(37)5-3-13-31-19-6-7-19/h1-5,8-12,16,18-19,31H,6-7,13-15,17H2,(H,33,34,35)/b5-3+. The Morgan fingerprint density at radius 2 is 2.08 bits per heavy atom. The number of pyridine rings is 1. The van der Waals surface area contributed by atoms with Crippen LogP contribution in [0.1, 0.15) is 18.5 Å². The molecule has 0 unspecified atom stereocenters. The molecule has 198 valence electrons. The molecular formula is C29H27ClN6O3. The lowest BCUT2D eigenvalue weighted by Gasteiger charge is -2.30. The summed E-state index contributed by atoms with van der Waals surface area (Å²) in [5.74, 6) is 1.58. The smallest absolute Gasteiger partial charge is 0.250 e. The third kappa shape index (κ3) is 5.79. The van der Waals surface area contributed by atoms with Crippen molar-refractivity contribution in [2.24, 2.45) is 0 Å². The van der Waals surface area contributed by atoms with Gasteiger partial charge in [-0.1, -0.05) is 23.7 Å². The number of anilines is 3. The quantitative estimate of drug-likeness (QED) is 0.284. The minimum atomic E-state index is -0.0871. The number of hydrogen-bond acceptors (Lipinski definition) is 8. The Hall–Kier alpha value is -4.21. The number of nitrogens with zero attached hydrogens (tertiary/aromatic N) is 4. The van der Waals surface area contributed by atoms with Crippen molar-refractivity contribution in [1.29, 1.82) is 0 Å². The second kappa shape index (κ2) is 11.3. The summed E-state index contributed by atoms with van der Waals surface area (Å²) in [6, 6.07) is 15.4. The van der Waals surface area contributed by atoms with E-state index in [2.05, 4.69) is 25.6 Å². The molecule has 0 saturated heterocycles. The van der Waals surface area contributed by atoms with E-state index in [1.807, 2.05) is 42.5 Å². The van der Waals surface area contributed by atoms with E-state index >= 15 is 0 Å². The van der Waals surface area contributed by atoms with Crippen LogP contribution in [0.4, 0.5) is 17.2 Å². The van der Waals surface area contributed by atoms with Gasteiger partial charge in [0.15, 0.2) is 5.75 Å². The molecule has 0 atom stereocenters. The van der Waals surface area contributed by atoms with Crippen molar-refractivity contribution >= 4 is 45.6 Å². The highest BCUT2D eigenvalue weighted by atomic mass is 35.5. The van der Waals surface area contributed by atoms with Crippen LogP contribution in [0.2, 0.25) is 5.02 Å². The third-order valence-electron chi connectivity index (χ3n) is 6.51. The van der Waals surface area contributed by atoms with E-state index in [-0.39, 0.29) is 5.91 Å². The van der Waals surface area contributed by atoms with Crippen LogP contribution in [0.3, 0.4) is 0 Å². The number of rotatable bonds is 9. The van der Waals surface area contributed by atoms with E-state index in [9.17, 15) is 4.79 Å². The van der Waals surface area contributed by atoms with Crippen LogP contribution in [-0.4, -0.2) is 46.6 Å². The summed E-state index contributed by atoms with van der Waals surface area (Å²) in [6.07, 6.45) is 9.13. The molecular weight excluding hydrogens is 516 g/mol. The summed E-state index contributed by atoms with van der Waals surface area (Å²) in [4.78, 5) is 27.9. The van der Waals surface area contributed by atoms with E-state index in [1.54, 1.807) is 29.3 Å². The number of aromatic nitrogens is 3. The van der Waals surface area contributed by atoms with Crippen molar-refractivity contribution in [3.05, 3.63) is 83.9 Å². The summed E-state index contributed by atoms with van der Waals surface area (Å²) in [5, 5.41) is 7.86. The summed E-state index contributed by atoms with van der Waals surface area (Å²) < 4.78 is 11.9. The maximum atomic E-state index is 13.0. The monoisotopic (exact) mass is 542 g/mol. The number of fused-ring (bicyclic) bond motifs is 3. The fourth-order valence-corrected chi connectivity index (χ4v) is 4.63. The zero-order valence-corrected chi connectivity index (χ0v) is 21.9. The van der Waals surface area contributed by atoms with Gasteiger partial charge in [0.25, 0.3) is 5.91 Å². The van der Waals surface area contributed by atoms with Crippen molar-refractivity contribution in [3.63, 3.8) is 0 Å². The van der Waals surface area contributed by atoms with Crippen molar-refractivity contribution in [2.45, 2.75) is 25.5 Å². The van der Waals surface area contributed by atoms with Crippen LogP contribution in [0.25, 0.3) is 10.9 Å². The summed E-state index contributed by atoms with van der Waals surface area (Å²) in [5.41, 5.74) is 2.92. The molecule has 1 amide bonds. The molecule has 4 aromatic rings. The first-order chi connectivity index (χ1) is 19.2. The molecule has 10 heteroatoms. The van der Waals surface area contributed by atoms with Gasteiger partial charge < -0.3 is 25.0 Å². The minimum absolute atomic E-state index is 0.0871. The van der Waals surface area contributed by atoms with Crippen LogP contribution in [0, 0.1) is 0 Å². The Morgan fingerprint density at radius 1 is 1.15 bits per heavy atom. The molecule has 6 rings (SSSR count). The van der Waals surface area contributed by atoms with Gasteiger partial charge in [0, 0.05) is 30.5 Å². The Kier molecular flexibility index (Phi) is 7.25. The van der Waals surface area contributed by atoms with E-state index in [1.165, 1.54) is 19.2 Å². The average Bonchev–Trinajstić information content (AvgIpc) is 3.79. The van der Waals surface area contributed by atoms with Crippen molar-refractivity contribution in [3.8, 4) is 11.5 Å². The Morgan fingerprint density at radius 3 is 2.90 bits per heavy atom. The van der Waals surface area contributed by atoms with Crippen LogP contribution in [0.5, 0.6) is 11.5 Å². The van der Waals surface area contributed by atoms with E-state index < -0.39 is 0 Å². The topological polar surface area (TPSA) is 102 Å². The van der Waals surface area contributed by atoms with Crippen LogP contribution < -0.4 is 25.0 Å². The fraction of sp³-hybridized carbons (Fsp3) is 0.241. The maximum Gasteiger partial charge on any atom is 0.250 e. The Bertz CT molecular complexity index is 1530. The first-order valence-corrected chi connectivity index (χ1v) is 13.2. The third-order valence-corrected chi connectivity index (χ3v) is 6.81.